The molecule has 0 heterocycles. The van der Waals surface area contributed by atoms with Crippen LogP contribution >= 0.6 is 0 Å². The van der Waals surface area contributed by atoms with Crippen molar-refractivity contribution in [1.29, 1.82) is 0 Å². The molecule has 2 rings (SSSR count). The van der Waals surface area contributed by atoms with Crippen LogP contribution in [0.2, 0.25) is 0 Å². The Kier molecular flexibility index (Phi) is 6.17. The smallest absolute Gasteiger partial charge is 0.335 e. The number of anilines is 1. The highest BCUT2D eigenvalue weighted by Gasteiger charge is 2.05. The molecule has 2 aromatic rings. The lowest BCUT2D eigenvalue weighted by atomic mass is 10.2. The zero-order valence-corrected chi connectivity index (χ0v) is 14.0. The number of benzene rings is 2. The van der Waals surface area contributed by atoms with E-state index in [1.54, 1.807) is 25.3 Å². The van der Waals surface area contributed by atoms with Crippen molar-refractivity contribution in [1.82, 2.24) is 0 Å². The van der Waals surface area contributed by atoms with Gasteiger partial charge in [0.25, 0.3) is 0 Å². The van der Waals surface area contributed by atoms with Crippen LogP contribution in [0.1, 0.15) is 22.8 Å². The highest BCUT2D eigenvalue weighted by molar-refractivity contribution is 6.02. The minimum Gasteiger partial charge on any atom is -0.493 e. The highest BCUT2D eigenvalue weighted by atomic mass is 16.5. The van der Waals surface area contributed by atoms with Gasteiger partial charge in [0.15, 0.2) is 11.5 Å². The summed E-state index contributed by atoms with van der Waals surface area (Å²) < 4.78 is 10.7. The largest absolute Gasteiger partial charge is 0.493 e. The molecule has 2 N–H and O–H groups in total. The van der Waals surface area contributed by atoms with E-state index < -0.39 is 5.97 Å². The first kappa shape index (κ1) is 18.1. The number of carbonyl (C=O) groups is 2. The van der Waals surface area contributed by atoms with Crippen LogP contribution in [-0.2, 0) is 4.79 Å². The van der Waals surface area contributed by atoms with Crippen molar-refractivity contribution in [3.63, 3.8) is 0 Å². The van der Waals surface area contributed by atoms with Crippen LogP contribution in [0.5, 0.6) is 11.5 Å². The van der Waals surface area contributed by atoms with Crippen LogP contribution in [0, 0.1) is 0 Å². The van der Waals surface area contributed by atoms with Crippen molar-refractivity contribution < 1.29 is 24.2 Å². The van der Waals surface area contributed by atoms with Gasteiger partial charge in [-0.25, -0.2) is 4.79 Å². The number of amides is 1. The van der Waals surface area contributed by atoms with Gasteiger partial charge in [-0.2, -0.15) is 0 Å². The molecule has 0 bridgehead atoms. The van der Waals surface area contributed by atoms with E-state index in [-0.39, 0.29) is 11.5 Å². The summed E-state index contributed by atoms with van der Waals surface area (Å²) in [6, 6.07) is 11.3. The van der Waals surface area contributed by atoms with Gasteiger partial charge >= 0.3 is 5.97 Å². The number of aromatic carboxylic acids is 1. The Morgan fingerprint density at radius 3 is 2.44 bits per heavy atom. The number of hydrogen-bond donors (Lipinski definition) is 2. The third-order valence-corrected chi connectivity index (χ3v) is 3.31. The van der Waals surface area contributed by atoms with Crippen molar-refractivity contribution in [2.75, 3.05) is 19.0 Å². The van der Waals surface area contributed by atoms with Crippen molar-refractivity contribution in [2.45, 2.75) is 6.92 Å². The van der Waals surface area contributed by atoms with Crippen molar-refractivity contribution >= 4 is 23.6 Å². The van der Waals surface area contributed by atoms with E-state index in [1.165, 1.54) is 30.3 Å². The van der Waals surface area contributed by atoms with E-state index in [0.717, 1.165) is 5.56 Å². The maximum atomic E-state index is 12.0. The molecule has 0 atom stereocenters. The Balaban J connectivity index is 2.03. The summed E-state index contributed by atoms with van der Waals surface area (Å²) in [5.74, 6) is -0.100. The number of hydrogen-bond acceptors (Lipinski definition) is 4. The van der Waals surface area contributed by atoms with E-state index in [0.29, 0.717) is 23.8 Å². The zero-order valence-electron chi connectivity index (χ0n) is 14.0. The fourth-order valence-electron chi connectivity index (χ4n) is 2.11. The number of rotatable bonds is 7. The molecule has 0 saturated heterocycles. The van der Waals surface area contributed by atoms with Gasteiger partial charge in [-0.15, -0.1) is 0 Å². The van der Waals surface area contributed by atoms with E-state index in [4.69, 9.17) is 14.6 Å². The lowest BCUT2D eigenvalue weighted by Gasteiger charge is -2.09. The third kappa shape index (κ3) is 5.10. The monoisotopic (exact) mass is 341 g/mol. The molecule has 0 aliphatic heterocycles. The van der Waals surface area contributed by atoms with Crippen molar-refractivity contribution in [3.05, 3.63) is 59.7 Å². The van der Waals surface area contributed by atoms with E-state index in [9.17, 15) is 9.59 Å². The summed E-state index contributed by atoms with van der Waals surface area (Å²) in [6.07, 6.45) is 3.04. The topological polar surface area (TPSA) is 84.9 Å². The average molecular weight is 341 g/mol. The molecule has 130 valence electrons. The number of nitrogens with one attached hydrogen (secondary N) is 1. The Morgan fingerprint density at radius 1 is 1.12 bits per heavy atom. The maximum Gasteiger partial charge on any atom is 0.335 e. The SMILES string of the molecule is CCOc1ccc(/C=C/C(=O)Nc2ccc(C(=O)O)cc2)cc1OC. The number of carbonyl (C=O) groups excluding carboxylic acids is 1. The zero-order chi connectivity index (χ0) is 18.2. The first-order chi connectivity index (χ1) is 12.0. The molecule has 0 aliphatic rings. The molecular weight excluding hydrogens is 322 g/mol. The molecule has 6 nitrogen and oxygen atoms in total. The molecule has 0 unspecified atom stereocenters. The predicted octanol–water partition coefficient (Wildman–Crippen LogP) is 3.44. The maximum absolute atomic E-state index is 12.0. The Bertz CT molecular complexity index is 781. The minimum absolute atomic E-state index is 0.162. The summed E-state index contributed by atoms with van der Waals surface area (Å²) in [4.78, 5) is 22.8. The fraction of sp³-hybridized carbons (Fsp3) is 0.158. The summed E-state index contributed by atoms with van der Waals surface area (Å²) in [5.41, 5.74) is 1.47. The van der Waals surface area contributed by atoms with Gasteiger partial charge in [0.2, 0.25) is 5.91 Å². The van der Waals surface area contributed by atoms with Crippen LogP contribution in [0.3, 0.4) is 0 Å². The van der Waals surface area contributed by atoms with Crippen LogP contribution in [0.25, 0.3) is 6.08 Å². The molecule has 25 heavy (non-hydrogen) atoms. The average Bonchev–Trinajstić information content (AvgIpc) is 2.61. The molecule has 0 aromatic heterocycles. The van der Waals surface area contributed by atoms with Gasteiger partial charge in [0, 0.05) is 11.8 Å². The Morgan fingerprint density at radius 2 is 1.84 bits per heavy atom. The molecule has 0 radical (unpaired) electrons. The lowest BCUT2D eigenvalue weighted by Crippen LogP contribution is -2.08. The molecule has 0 saturated carbocycles. The summed E-state index contributed by atoms with van der Waals surface area (Å²) in [7, 11) is 1.55. The second-order valence-corrected chi connectivity index (χ2v) is 5.05. The quantitative estimate of drug-likeness (QED) is 0.754. The third-order valence-electron chi connectivity index (χ3n) is 3.31. The van der Waals surface area contributed by atoms with Crippen LogP contribution < -0.4 is 14.8 Å². The predicted molar refractivity (Wildman–Crippen MR) is 95.2 cm³/mol. The number of ether oxygens (including phenoxy) is 2. The standard InChI is InChI=1S/C19H19NO5/c1-3-25-16-10-4-13(12-17(16)24-2)5-11-18(21)20-15-8-6-14(7-9-15)19(22)23/h4-12H,3H2,1-2H3,(H,20,21)(H,22,23)/b11-5+. The van der Waals surface area contributed by atoms with Gasteiger partial charge in [-0.1, -0.05) is 6.07 Å². The van der Waals surface area contributed by atoms with E-state index in [2.05, 4.69) is 5.32 Å². The van der Waals surface area contributed by atoms with Gasteiger partial charge in [-0.3, -0.25) is 4.79 Å². The summed E-state index contributed by atoms with van der Waals surface area (Å²) in [5, 5.41) is 11.5. The van der Waals surface area contributed by atoms with Crippen LogP contribution in [0.15, 0.2) is 48.5 Å². The van der Waals surface area contributed by atoms with Crippen LogP contribution in [0.4, 0.5) is 5.69 Å². The first-order valence-corrected chi connectivity index (χ1v) is 7.66. The van der Waals surface area contributed by atoms with Gasteiger partial charge in [-0.05, 0) is 55.0 Å². The van der Waals surface area contributed by atoms with E-state index in [1.807, 2.05) is 13.0 Å². The minimum atomic E-state index is -1.01. The second-order valence-electron chi connectivity index (χ2n) is 5.05. The van der Waals surface area contributed by atoms with Crippen LogP contribution in [-0.4, -0.2) is 30.7 Å². The Labute approximate surface area is 145 Å². The second kappa shape index (κ2) is 8.54. The fourth-order valence-corrected chi connectivity index (χ4v) is 2.11. The Hall–Kier alpha value is -3.28. The highest BCUT2D eigenvalue weighted by Crippen LogP contribution is 2.28. The molecule has 0 fully saturated rings. The van der Waals surface area contributed by atoms with Crippen molar-refractivity contribution in [2.24, 2.45) is 0 Å². The number of carboxylic acid groups (broad SMARTS) is 1. The molecule has 2 aromatic carbocycles. The number of methoxy groups -OCH3 is 1. The number of carboxylic acids is 1. The molecule has 1 amide bonds. The summed E-state index contributed by atoms with van der Waals surface area (Å²) >= 11 is 0. The first-order valence-electron chi connectivity index (χ1n) is 7.66. The van der Waals surface area contributed by atoms with Gasteiger partial charge in [0.1, 0.15) is 0 Å². The molecule has 0 aliphatic carbocycles. The van der Waals surface area contributed by atoms with Gasteiger partial charge in [0.05, 0.1) is 19.3 Å². The molecule has 0 spiro atoms. The molecule has 6 heteroatoms. The van der Waals surface area contributed by atoms with E-state index >= 15 is 0 Å². The van der Waals surface area contributed by atoms with Crippen molar-refractivity contribution in [3.8, 4) is 11.5 Å². The molecular formula is C19H19NO5. The van der Waals surface area contributed by atoms with Gasteiger partial charge < -0.3 is 19.9 Å². The normalized spacial score (nSPS) is 10.5. The summed E-state index contributed by atoms with van der Waals surface area (Å²) in [6.45, 7) is 2.43. The lowest BCUT2D eigenvalue weighted by molar-refractivity contribution is -0.111.